The maximum atomic E-state index is 4.76. The first kappa shape index (κ1) is 20.7. The number of hydrogen-bond acceptors (Lipinski definition) is 2. The van der Waals surface area contributed by atoms with E-state index in [1.54, 1.807) is 5.57 Å². The van der Waals surface area contributed by atoms with Crippen molar-refractivity contribution in [2.75, 3.05) is 26.7 Å². The van der Waals surface area contributed by atoms with Crippen LogP contribution in [0.25, 0.3) is 0 Å². The number of halogens is 1. The van der Waals surface area contributed by atoms with Gasteiger partial charge in [-0.3, -0.25) is 9.89 Å². The fourth-order valence-electron chi connectivity index (χ4n) is 3.01. The highest BCUT2D eigenvalue weighted by molar-refractivity contribution is 14.0. The lowest BCUT2D eigenvalue weighted by Crippen LogP contribution is -2.40. The molecule has 0 spiro atoms. The van der Waals surface area contributed by atoms with Crippen molar-refractivity contribution in [2.45, 2.75) is 70.9 Å². The van der Waals surface area contributed by atoms with E-state index in [0.29, 0.717) is 6.04 Å². The van der Waals surface area contributed by atoms with Gasteiger partial charge in [0.15, 0.2) is 5.96 Å². The predicted octanol–water partition coefficient (Wildman–Crippen LogP) is 3.53. The van der Waals surface area contributed by atoms with Gasteiger partial charge in [-0.2, -0.15) is 0 Å². The number of likely N-dealkylation sites (N-methyl/N-ethyl adjacent to an activating group) is 1. The van der Waals surface area contributed by atoms with Crippen LogP contribution in [-0.2, 0) is 0 Å². The predicted molar refractivity (Wildman–Crippen MR) is 111 cm³/mol. The zero-order chi connectivity index (χ0) is 15.8. The second kappa shape index (κ2) is 11.3. The second-order valence-electron chi connectivity index (χ2n) is 6.75. The monoisotopic (exact) mass is 434 g/mol. The summed E-state index contributed by atoms with van der Waals surface area (Å²) in [4.78, 5) is 7.23. The molecule has 1 fully saturated rings. The fraction of sp³-hybridized carbons (Fsp3) is 0.833. The molecule has 0 amide bonds. The Kier molecular flexibility index (Phi) is 10.2. The first-order valence-electron chi connectivity index (χ1n) is 9.12. The third kappa shape index (κ3) is 7.88. The number of aliphatic imine (C=N–C) groups is 1. The molecular weight excluding hydrogens is 399 g/mol. The summed E-state index contributed by atoms with van der Waals surface area (Å²) in [6.45, 7) is 7.18. The van der Waals surface area contributed by atoms with E-state index in [0.717, 1.165) is 38.1 Å². The topological polar surface area (TPSA) is 39.7 Å². The smallest absolute Gasteiger partial charge is 0.191 e. The molecular formula is C18H35IN4. The third-order valence-corrected chi connectivity index (χ3v) is 4.80. The first-order valence-corrected chi connectivity index (χ1v) is 9.12. The minimum absolute atomic E-state index is 0. The number of nitrogens with one attached hydrogen (secondary N) is 2. The Morgan fingerprint density at radius 2 is 2.13 bits per heavy atom. The van der Waals surface area contributed by atoms with Crippen molar-refractivity contribution >= 4 is 29.9 Å². The van der Waals surface area contributed by atoms with Gasteiger partial charge in [0.05, 0.1) is 6.54 Å². The van der Waals surface area contributed by atoms with E-state index in [9.17, 15) is 0 Å². The molecule has 1 saturated carbocycles. The minimum atomic E-state index is 0. The van der Waals surface area contributed by atoms with Crippen molar-refractivity contribution in [3.05, 3.63) is 11.6 Å². The van der Waals surface area contributed by atoms with E-state index in [-0.39, 0.29) is 24.0 Å². The Hall–Kier alpha value is -0.300. The van der Waals surface area contributed by atoms with E-state index in [1.165, 1.54) is 38.5 Å². The molecule has 5 heteroatoms. The van der Waals surface area contributed by atoms with Gasteiger partial charge in [0, 0.05) is 25.2 Å². The molecule has 0 aromatic heterocycles. The van der Waals surface area contributed by atoms with Crippen molar-refractivity contribution in [1.29, 1.82) is 0 Å². The SMILES string of the molecule is CCNC(=NCC(C)N(C)C1CC1)NCCC1=CCCCC1.I. The van der Waals surface area contributed by atoms with Crippen LogP contribution in [0.1, 0.15) is 58.8 Å². The Morgan fingerprint density at radius 3 is 2.74 bits per heavy atom. The average Bonchev–Trinajstić information content (AvgIpc) is 3.37. The van der Waals surface area contributed by atoms with Crippen LogP contribution in [0, 0.1) is 0 Å². The molecule has 2 N–H and O–H groups in total. The van der Waals surface area contributed by atoms with E-state index in [1.807, 2.05) is 0 Å². The van der Waals surface area contributed by atoms with Gasteiger partial charge in [0.2, 0.25) is 0 Å². The molecule has 0 bridgehead atoms. The summed E-state index contributed by atoms with van der Waals surface area (Å²) in [6.07, 6.45) is 11.6. The van der Waals surface area contributed by atoms with Gasteiger partial charge in [0.1, 0.15) is 0 Å². The van der Waals surface area contributed by atoms with Crippen LogP contribution < -0.4 is 10.6 Å². The molecule has 4 nitrogen and oxygen atoms in total. The van der Waals surface area contributed by atoms with Crippen LogP contribution in [-0.4, -0.2) is 49.6 Å². The molecule has 0 aromatic rings. The Bertz CT molecular complexity index is 390. The summed E-state index contributed by atoms with van der Waals surface area (Å²) in [5.74, 6) is 0.968. The number of guanidine groups is 1. The van der Waals surface area contributed by atoms with Crippen molar-refractivity contribution < 1.29 is 0 Å². The quantitative estimate of drug-likeness (QED) is 0.266. The van der Waals surface area contributed by atoms with E-state index >= 15 is 0 Å². The van der Waals surface area contributed by atoms with Gasteiger partial charge in [-0.1, -0.05) is 11.6 Å². The van der Waals surface area contributed by atoms with Crippen LogP contribution in [0.2, 0.25) is 0 Å². The van der Waals surface area contributed by atoms with Gasteiger partial charge in [-0.05, 0) is 65.8 Å². The molecule has 2 aliphatic carbocycles. The molecule has 2 rings (SSSR count). The normalized spacial score (nSPS) is 19.8. The van der Waals surface area contributed by atoms with Crippen LogP contribution >= 0.6 is 24.0 Å². The lowest BCUT2D eigenvalue weighted by molar-refractivity contribution is 0.253. The zero-order valence-electron chi connectivity index (χ0n) is 15.1. The highest BCUT2D eigenvalue weighted by Gasteiger charge is 2.28. The maximum absolute atomic E-state index is 4.76. The summed E-state index contributed by atoms with van der Waals surface area (Å²) < 4.78 is 0. The molecule has 0 radical (unpaired) electrons. The molecule has 23 heavy (non-hydrogen) atoms. The highest BCUT2D eigenvalue weighted by Crippen LogP contribution is 2.26. The number of allylic oxidation sites excluding steroid dienone is 1. The number of nitrogens with zero attached hydrogens (tertiary/aromatic N) is 2. The molecule has 0 heterocycles. The lowest BCUT2D eigenvalue weighted by Gasteiger charge is -2.23. The van der Waals surface area contributed by atoms with Crippen molar-refractivity contribution in [2.24, 2.45) is 4.99 Å². The summed E-state index contributed by atoms with van der Waals surface area (Å²) >= 11 is 0. The van der Waals surface area contributed by atoms with Crippen molar-refractivity contribution in [3.63, 3.8) is 0 Å². The molecule has 0 saturated heterocycles. The Morgan fingerprint density at radius 1 is 1.35 bits per heavy atom. The van der Waals surface area contributed by atoms with E-state index < -0.39 is 0 Å². The second-order valence-corrected chi connectivity index (χ2v) is 6.75. The summed E-state index contributed by atoms with van der Waals surface area (Å²) in [5, 5.41) is 6.85. The van der Waals surface area contributed by atoms with Gasteiger partial charge >= 0.3 is 0 Å². The molecule has 134 valence electrons. The highest BCUT2D eigenvalue weighted by atomic mass is 127. The van der Waals surface area contributed by atoms with Gasteiger partial charge in [-0.25, -0.2) is 0 Å². The van der Waals surface area contributed by atoms with Crippen molar-refractivity contribution in [3.8, 4) is 0 Å². The maximum Gasteiger partial charge on any atom is 0.191 e. The van der Waals surface area contributed by atoms with Gasteiger partial charge in [0.25, 0.3) is 0 Å². The number of rotatable bonds is 8. The summed E-state index contributed by atoms with van der Waals surface area (Å²) in [6, 6.07) is 1.32. The molecule has 0 aliphatic heterocycles. The minimum Gasteiger partial charge on any atom is -0.357 e. The van der Waals surface area contributed by atoms with Gasteiger partial charge < -0.3 is 10.6 Å². The van der Waals surface area contributed by atoms with Crippen LogP contribution in [0.5, 0.6) is 0 Å². The summed E-state index contributed by atoms with van der Waals surface area (Å²) in [7, 11) is 2.23. The zero-order valence-corrected chi connectivity index (χ0v) is 17.4. The van der Waals surface area contributed by atoms with Crippen LogP contribution in [0.4, 0.5) is 0 Å². The molecule has 1 unspecified atom stereocenters. The Balaban J connectivity index is 0.00000264. The molecule has 0 aromatic carbocycles. The van der Waals surface area contributed by atoms with E-state index in [2.05, 4.69) is 42.5 Å². The number of hydrogen-bond donors (Lipinski definition) is 2. The summed E-state index contributed by atoms with van der Waals surface area (Å²) in [5.41, 5.74) is 1.62. The molecule has 1 atom stereocenters. The van der Waals surface area contributed by atoms with E-state index in [4.69, 9.17) is 4.99 Å². The Labute approximate surface area is 159 Å². The fourth-order valence-corrected chi connectivity index (χ4v) is 3.01. The van der Waals surface area contributed by atoms with Gasteiger partial charge in [-0.15, -0.1) is 24.0 Å². The average molecular weight is 434 g/mol. The lowest BCUT2D eigenvalue weighted by atomic mass is 9.97. The molecule has 2 aliphatic rings. The van der Waals surface area contributed by atoms with Crippen LogP contribution in [0.3, 0.4) is 0 Å². The largest absolute Gasteiger partial charge is 0.357 e. The first-order chi connectivity index (χ1) is 10.7. The standard InChI is InChI=1S/C18H34N4.HI/c1-4-19-18(20-13-12-16-8-6-5-7-9-16)21-14-15(2)22(3)17-10-11-17;/h8,15,17H,4-7,9-14H2,1-3H3,(H2,19,20,21);1H. The third-order valence-electron chi connectivity index (χ3n) is 4.80. The van der Waals surface area contributed by atoms with Crippen LogP contribution in [0.15, 0.2) is 16.6 Å². The van der Waals surface area contributed by atoms with Crippen molar-refractivity contribution in [1.82, 2.24) is 15.5 Å².